The molecule has 1 aromatic heterocycles. The highest BCUT2D eigenvalue weighted by Gasteiger charge is 2.10. The highest BCUT2D eigenvalue weighted by atomic mass is 32.1. The van der Waals surface area contributed by atoms with E-state index in [2.05, 4.69) is 22.1 Å². The lowest BCUT2D eigenvalue weighted by molar-refractivity contribution is 0.102. The van der Waals surface area contributed by atoms with Gasteiger partial charge in [0.05, 0.1) is 12.1 Å². The summed E-state index contributed by atoms with van der Waals surface area (Å²) >= 11 is 1.29. The maximum absolute atomic E-state index is 13.7. The number of amides is 1. The van der Waals surface area contributed by atoms with Crippen LogP contribution in [-0.4, -0.2) is 17.4 Å². The molecule has 0 fully saturated rings. The minimum Gasteiger partial charge on any atom is -0.320 e. The molecule has 96 valence electrons. The second-order valence-corrected chi connectivity index (χ2v) is 4.39. The van der Waals surface area contributed by atoms with Crippen LogP contribution in [0.1, 0.15) is 15.9 Å². The molecule has 3 N–H and O–H groups in total. The molecule has 0 saturated heterocycles. The highest BCUT2D eigenvalue weighted by Crippen LogP contribution is 2.14. The fraction of sp³-hybridized carbons (Fsp3) is 0.0769. The van der Waals surface area contributed by atoms with E-state index in [0.717, 1.165) is 6.07 Å². The maximum Gasteiger partial charge on any atom is 0.257 e. The summed E-state index contributed by atoms with van der Waals surface area (Å²) in [4.78, 5) is 15.7. The van der Waals surface area contributed by atoms with Gasteiger partial charge in [-0.2, -0.15) is 0 Å². The quantitative estimate of drug-likeness (QED) is 0.822. The number of hydrogen-bond acceptors (Lipinski definition) is 4. The van der Waals surface area contributed by atoms with Crippen LogP contribution < -0.4 is 11.1 Å². The molecule has 2 aromatic rings. The molecule has 1 heterocycles. The maximum atomic E-state index is 13.7. The normalized spacial score (nSPS) is 9.58. The Bertz CT molecular complexity index is 644. The molecule has 4 nitrogen and oxygen atoms in total. The highest BCUT2D eigenvalue weighted by molar-refractivity contribution is 7.13. The molecule has 0 aliphatic rings. The number of nitrogens with two attached hydrogens (primary N) is 1. The zero-order valence-electron chi connectivity index (χ0n) is 9.81. The van der Waals surface area contributed by atoms with Crippen LogP contribution in [0.15, 0.2) is 29.8 Å². The van der Waals surface area contributed by atoms with E-state index < -0.39 is 11.7 Å². The van der Waals surface area contributed by atoms with Crippen molar-refractivity contribution in [3.63, 3.8) is 0 Å². The van der Waals surface area contributed by atoms with E-state index in [1.165, 1.54) is 23.5 Å². The third-order valence-electron chi connectivity index (χ3n) is 2.21. The van der Waals surface area contributed by atoms with Crippen molar-refractivity contribution in [2.24, 2.45) is 5.73 Å². The van der Waals surface area contributed by atoms with Crippen molar-refractivity contribution in [1.29, 1.82) is 0 Å². The van der Waals surface area contributed by atoms with E-state index in [0.29, 0.717) is 5.13 Å². The van der Waals surface area contributed by atoms with Crippen molar-refractivity contribution in [2.75, 3.05) is 11.9 Å². The Kier molecular flexibility index (Phi) is 4.23. The van der Waals surface area contributed by atoms with Crippen molar-refractivity contribution in [3.8, 4) is 11.8 Å². The molecule has 0 aliphatic carbocycles. The third-order valence-corrected chi connectivity index (χ3v) is 2.90. The second kappa shape index (κ2) is 6.09. The first kappa shape index (κ1) is 13.2. The molecule has 6 heteroatoms. The third kappa shape index (κ3) is 3.37. The van der Waals surface area contributed by atoms with Crippen LogP contribution in [-0.2, 0) is 0 Å². The summed E-state index contributed by atoms with van der Waals surface area (Å²) < 4.78 is 13.7. The summed E-state index contributed by atoms with van der Waals surface area (Å²) in [6, 6.07) is 4.10. The number of nitrogens with one attached hydrogen (secondary N) is 1. The number of thiazole rings is 1. The van der Waals surface area contributed by atoms with Crippen molar-refractivity contribution >= 4 is 22.4 Å². The number of carbonyl (C=O) groups excluding carboxylic acids is 1. The molecule has 19 heavy (non-hydrogen) atoms. The first-order valence-electron chi connectivity index (χ1n) is 5.40. The SMILES string of the molecule is NCC#Cc1ccc(C(=O)Nc2nccs2)cc1F. The summed E-state index contributed by atoms with van der Waals surface area (Å²) in [5.74, 6) is 4.19. The van der Waals surface area contributed by atoms with Gasteiger partial charge in [0.1, 0.15) is 5.82 Å². The van der Waals surface area contributed by atoms with Crippen molar-refractivity contribution < 1.29 is 9.18 Å². The van der Waals surface area contributed by atoms with E-state index in [1.54, 1.807) is 11.6 Å². The molecule has 1 amide bonds. The fourth-order valence-electron chi connectivity index (χ4n) is 1.36. The van der Waals surface area contributed by atoms with Gasteiger partial charge in [-0.1, -0.05) is 11.8 Å². The average molecular weight is 275 g/mol. The van der Waals surface area contributed by atoms with Crippen LogP contribution in [0.4, 0.5) is 9.52 Å². The van der Waals surface area contributed by atoms with E-state index in [-0.39, 0.29) is 17.7 Å². The molecule has 0 aliphatic heterocycles. The Balaban J connectivity index is 2.17. The van der Waals surface area contributed by atoms with Gasteiger partial charge in [0, 0.05) is 17.1 Å². The number of benzene rings is 1. The molecular formula is C13H10FN3OS. The number of nitrogens with zero attached hydrogens (tertiary/aromatic N) is 1. The predicted octanol–water partition coefficient (Wildman–Crippen LogP) is 1.84. The van der Waals surface area contributed by atoms with Gasteiger partial charge < -0.3 is 5.73 Å². The Hall–Kier alpha value is -2.23. The van der Waals surface area contributed by atoms with Crippen molar-refractivity contribution in [2.45, 2.75) is 0 Å². The van der Waals surface area contributed by atoms with Gasteiger partial charge in [-0.3, -0.25) is 10.1 Å². The summed E-state index contributed by atoms with van der Waals surface area (Å²) in [6.07, 6.45) is 1.58. The Labute approximate surface area is 113 Å². The minimum absolute atomic E-state index is 0.158. The van der Waals surface area contributed by atoms with Gasteiger partial charge in [0.25, 0.3) is 5.91 Å². The molecule has 0 radical (unpaired) electrons. The zero-order chi connectivity index (χ0) is 13.7. The number of carbonyl (C=O) groups is 1. The molecule has 0 atom stereocenters. The van der Waals surface area contributed by atoms with Crippen LogP contribution in [0.25, 0.3) is 0 Å². The predicted molar refractivity (Wildman–Crippen MR) is 72.4 cm³/mol. The smallest absolute Gasteiger partial charge is 0.257 e. The Morgan fingerprint density at radius 2 is 2.37 bits per heavy atom. The molecule has 0 spiro atoms. The number of rotatable bonds is 2. The lowest BCUT2D eigenvalue weighted by Gasteiger charge is -2.02. The first-order chi connectivity index (χ1) is 9.20. The summed E-state index contributed by atoms with van der Waals surface area (Å²) in [5, 5.41) is 4.78. The number of halogens is 1. The van der Waals surface area contributed by atoms with Crippen molar-refractivity contribution in [1.82, 2.24) is 4.98 Å². The number of aromatic nitrogens is 1. The Morgan fingerprint density at radius 1 is 1.53 bits per heavy atom. The second-order valence-electron chi connectivity index (χ2n) is 3.49. The summed E-state index contributed by atoms with van der Waals surface area (Å²) in [7, 11) is 0. The summed E-state index contributed by atoms with van der Waals surface area (Å²) in [6.45, 7) is 0.158. The lowest BCUT2D eigenvalue weighted by atomic mass is 10.1. The number of hydrogen-bond donors (Lipinski definition) is 2. The minimum atomic E-state index is -0.548. The van der Waals surface area contributed by atoms with E-state index in [4.69, 9.17) is 5.73 Å². The lowest BCUT2D eigenvalue weighted by Crippen LogP contribution is -2.12. The molecule has 1 aromatic carbocycles. The molecule has 0 unspecified atom stereocenters. The fourth-order valence-corrected chi connectivity index (χ4v) is 1.88. The van der Waals surface area contributed by atoms with E-state index >= 15 is 0 Å². The monoisotopic (exact) mass is 275 g/mol. The van der Waals surface area contributed by atoms with Crippen LogP contribution in [0.5, 0.6) is 0 Å². The molecule has 0 saturated carbocycles. The van der Waals surface area contributed by atoms with E-state index in [9.17, 15) is 9.18 Å². The topological polar surface area (TPSA) is 68.0 Å². The average Bonchev–Trinajstić information content (AvgIpc) is 2.90. The standard InChI is InChI=1S/C13H10FN3OS/c14-11-8-10(4-3-9(11)2-1-5-15)12(18)17-13-16-6-7-19-13/h3-4,6-8H,5,15H2,(H,16,17,18). The van der Waals surface area contributed by atoms with Crippen LogP contribution >= 0.6 is 11.3 Å². The van der Waals surface area contributed by atoms with Gasteiger partial charge in [0.2, 0.25) is 0 Å². The Morgan fingerprint density at radius 3 is 3.00 bits per heavy atom. The number of anilines is 1. The van der Waals surface area contributed by atoms with Crippen LogP contribution in [0.3, 0.4) is 0 Å². The van der Waals surface area contributed by atoms with Crippen LogP contribution in [0, 0.1) is 17.7 Å². The molecule has 0 bridgehead atoms. The largest absolute Gasteiger partial charge is 0.320 e. The van der Waals surface area contributed by atoms with Crippen LogP contribution in [0.2, 0.25) is 0 Å². The van der Waals surface area contributed by atoms with Gasteiger partial charge in [-0.25, -0.2) is 9.37 Å². The zero-order valence-corrected chi connectivity index (χ0v) is 10.6. The molecular weight excluding hydrogens is 265 g/mol. The van der Waals surface area contributed by atoms with Gasteiger partial charge in [-0.15, -0.1) is 11.3 Å². The van der Waals surface area contributed by atoms with Crippen molar-refractivity contribution in [3.05, 3.63) is 46.7 Å². The first-order valence-corrected chi connectivity index (χ1v) is 6.28. The molecule has 2 rings (SSSR count). The van der Waals surface area contributed by atoms with Gasteiger partial charge >= 0.3 is 0 Å². The van der Waals surface area contributed by atoms with Gasteiger partial charge in [-0.05, 0) is 18.2 Å². The summed E-state index contributed by atoms with van der Waals surface area (Å²) in [5.41, 5.74) is 5.65. The van der Waals surface area contributed by atoms with E-state index in [1.807, 2.05) is 0 Å². The van der Waals surface area contributed by atoms with Gasteiger partial charge in [0.15, 0.2) is 5.13 Å².